The first-order valence-electron chi connectivity index (χ1n) is 8.42. The van der Waals surface area contributed by atoms with Gasteiger partial charge >= 0.3 is 0 Å². The predicted octanol–water partition coefficient (Wildman–Crippen LogP) is 1.32. The summed E-state index contributed by atoms with van der Waals surface area (Å²) >= 11 is 0. The molecule has 1 saturated heterocycles. The van der Waals surface area contributed by atoms with Crippen molar-refractivity contribution in [2.24, 2.45) is 11.7 Å². The fraction of sp³-hybridized carbons (Fsp3) is 0.500. The molecule has 0 spiro atoms. The Kier molecular flexibility index (Phi) is 4.30. The number of hydrogen-bond donors (Lipinski definition) is 1. The van der Waals surface area contributed by atoms with Gasteiger partial charge in [0.15, 0.2) is 0 Å². The summed E-state index contributed by atoms with van der Waals surface area (Å²) in [4.78, 5) is 40.2. The Morgan fingerprint density at radius 1 is 1.29 bits per heavy atom. The molecule has 3 rings (SSSR count). The van der Waals surface area contributed by atoms with Gasteiger partial charge in [0, 0.05) is 36.8 Å². The number of amides is 3. The maximum atomic E-state index is 13.0. The van der Waals surface area contributed by atoms with Crippen molar-refractivity contribution in [1.29, 1.82) is 0 Å². The van der Waals surface area contributed by atoms with Crippen LogP contribution in [0.15, 0.2) is 18.2 Å². The van der Waals surface area contributed by atoms with E-state index in [9.17, 15) is 14.4 Å². The van der Waals surface area contributed by atoms with Gasteiger partial charge in [0.25, 0.3) is 0 Å². The molecule has 1 fully saturated rings. The minimum atomic E-state index is -0.469. The maximum Gasteiger partial charge on any atom is 0.249 e. The van der Waals surface area contributed by atoms with Gasteiger partial charge in [-0.1, -0.05) is 6.07 Å². The van der Waals surface area contributed by atoms with Crippen LogP contribution in [0.25, 0.3) is 0 Å². The zero-order valence-corrected chi connectivity index (χ0v) is 14.1. The van der Waals surface area contributed by atoms with Crippen molar-refractivity contribution in [2.45, 2.75) is 39.2 Å². The van der Waals surface area contributed by atoms with E-state index in [2.05, 4.69) is 0 Å². The lowest BCUT2D eigenvalue weighted by Crippen LogP contribution is -2.41. The number of likely N-dealkylation sites (tertiary alicyclic amines) is 1. The first-order chi connectivity index (χ1) is 11.4. The van der Waals surface area contributed by atoms with Crippen LogP contribution in [-0.4, -0.2) is 41.8 Å². The molecule has 128 valence electrons. The van der Waals surface area contributed by atoms with Gasteiger partial charge in [-0.25, -0.2) is 0 Å². The summed E-state index contributed by atoms with van der Waals surface area (Å²) in [6, 6.07) is 5.42. The van der Waals surface area contributed by atoms with E-state index in [4.69, 9.17) is 5.73 Å². The second-order valence-electron chi connectivity index (χ2n) is 6.80. The van der Waals surface area contributed by atoms with Gasteiger partial charge in [-0.2, -0.15) is 0 Å². The average molecular weight is 329 g/mol. The molecule has 24 heavy (non-hydrogen) atoms. The van der Waals surface area contributed by atoms with E-state index in [1.54, 1.807) is 21.9 Å². The Morgan fingerprint density at radius 2 is 2.04 bits per heavy atom. The lowest BCUT2D eigenvalue weighted by atomic mass is 9.94. The van der Waals surface area contributed by atoms with Crippen LogP contribution < -0.4 is 10.6 Å². The molecule has 1 unspecified atom stereocenters. The quantitative estimate of drug-likeness (QED) is 0.908. The first kappa shape index (κ1) is 16.5. The molecule has 0 aliphatic carbocycles. The highest BCUT2D eigenvalue weighted by atomic mass is 16.2. The number of anilines is 1. The molecule has 3 amide bonds. The van der Waals surface area contributed by atoms with Crippen LogP contribution in [-0.2, 0) is 16.0 Å². The monoisotopic (exact) mass is 329 g/mol. The minimum absolute atomic E-state index is 0.0333. The number of carbonyl (C=O) groups is 3. The van der Waals surface area contributed by atoms with E-state index in [-0.39, 0.29) is 30.2 Å². The Balaban J connectivity index is 1.88. The molecule has 2 heterocycles. The molecule has 6 nitrogen and oxygen atoms in total. The molecule has 2 aliphatic heterocycles. The van der Waals surface area contributed by atoms with Crippen LogP contribution in [0.4, 0.5) is 5.69 Å². The van der Waals surface area contributed by atoms with Crippen LogP contribution in [0.3, 0.4) is 0 Å². The summed E-state index contributed by atoms with van der Waals surface area (Å²) in [5.41, 5.74) is 7.54. The highest BCUT2D eigenvalue weighted by molar-refractivity contribution is 6.02. The Morgan fingerprint density at radius 3 is 2.67 bits per heavy atom. The topological polar surface area (TPSA) is 83.7 Å². The number of fused-ring (bicyclic) bond motifs is 1. The zero-order valence-electron chi connectivity index (χ0n) is 14.1. The van der Waals surface area contributed by atoms with Gasteiger partial charge in [0.2, 0.25) is 17.7 Å². The van der Waals surface area contributed by atoms with Gasteiger partial charge < -0.3 is 15.5 Å². The number of hydrogen-bond acceptors (Lipinski definition) is 3. The first-order valence-corrected chi connectivity index (χ1v) is 8.42. The second kappa shape index (κ2) is 6.26. The van der Waals surface area contributed by atoms with Crippen LogP contribution in [0.1, 0.15) is 42.6 Å². The number of primary amides is 1. The van der Waals surface area contributed by atoms with Gasteiger partial charge in [0.1, 0.15) is 0 Å². The highest BCUT2D eigenvalue weighted by Gasteiger charge is 2.39. The number of nitrogens with zero attached hydrogens (tertiary/aromatic N) is 2. The third-order valence-corrected chi connectivity index (χ3v) is 4.91. The normalized spacial score (nSPS) is 20.5. The van der Waals surface area contributed by atoms with Crippen molar-refractivity contribution >= 4 is 23.4 Å². The minimum Gasteiger partial charge on any atom is -0.366 e. The summed E-state index contributed by atoms with van der Waals surface area (Å²) in [6.45, 7) is 5.00. The fourth-order valence-electron chi connectivity index (χ4n) is 3.70. The smallest absolute Gasteiger partial charge is 0.249 e. The molecule has 0 radical (unpaired) electrons. The molecule has 2 aliphatic rings. The third-order valence-electron chi connectivity index (χ3n) is 4.91. The number of nitrogens with two attached hydrogens (primary N) is 1. The summed E-state index contributed by atoms with van der Waals surface area (Å²) in [7, 11) is 0. The molecule has 6 heteroatoms. The summed E-state index contributed by atoms with van der Waals surface area (Å²) in [5, 5.41) is 0. The second-order valence-corrected chi connectivity index (χ2v) is 6.80. The molecule has 1 atom stereocenters. The zero-order chi connectivity index (χ0) is 17.4. The number of carbonyl (C=O) groups excluding carboxylic acids is 3. The Bertz CT molecular complexity index is 699. The largest absolute Gasteiger partial charge is 0.366 e. The van der Waals surface area contributed by atoms with Crippen LogP contribution in [0, 0.1) is 5.92 Å². The van der Waals surface area contributed by atoms with Crippen molar-refractivity contribution in [3.05, 3.63) is 29.3 Å². The van der Waals surface area contributed by atoms with Crippen molar-refractivity contribution in [3.63, 3.8) is 0 Å². The van der Waals surface area contributed by atoms with E-state index >= 15 is 0 Å². The fourth-order valence-corrected chi connectivity index (χ4v) is 3.70. The van der Waals surface area contributed by atoms with E-state index in [1.807, 2.05) is 19.9 Å². The maximum absolute atomic E-state index is 13.0. The third kappa shape index (κ3) is 2.77. The highest BCUT2D eigenvalue weighted by Crippen LogP contribution is 2.32. The molecule has 0 saturated carbocycles. The van der Waals surface area contributed by atoms with Crippen LogP contribution in [0.5, 0.6) is 0 Å². The van der Waals surface area contributed by atoms with Crippen molar-refractivity contribution in [2.75, 3.05) is 18.0 Å². The van der Waals surface area contributed by atoms with Crippen molar-refractivity contribution in [3.8, 4) is 0 Å². The van der Waals surface area contributed by atoms with Crippen LogP contribution >= 0.6 is 0 Å². The molecule has 2 N–H and O–H groups in total. The molecule has 0 aromatic heterocycles. The lowest BCUT2D eigenvalue weighted by molar-refractivity contribution is -0.129. The van der Waals surface area contributed by atoms with E-state index in [0.717, 1.165) is 24.1 Å². The summed E-state index contributed by atoms with van der Waals surface area (Å²) < 4.78 is 0. The predicted molar refractivity (Wildman–Crippen MR) is 90.6 cm³/mol. The lowest BCUT2D eigenvalue weighted by Gasteiger charge is -2.32. The standard InChI is InChI=1S/C18H23N3O3/c1-11(2)21-10-12(9-16(21)22)18(24)20-8-4-6-13-14(17(19)23)5-3-7-15(13)20/h3,5,7,11-12H,4,6,8-10H2,1-2H3,(H2,19,23). The van der Waals surface area contributed by atoms with E-state index < -0.39 is 5.91 Å². The van der Waals surface area contributed by atoms with Crippen molar-refractivity contribution in [1.82, 2.24) is 4.90 Å². The summed E-state index contributed by atoms with van der Waals surface area (Å²) in [5.74, 6) is -0.785. The van der Waals surface area contributed by atoms with Gasteiger partial charge in [-0.3, -0.25) is 14.4 Å². The molecular formula is C18H23N3O3. The molecule has 0 bridgehead atoms. The van der Waals surface area contributed by atoms with Gasteiger partial charge in [0.05, 0.1) is 5.92 Å². The Hall–Kier alpha value is -2.37. The number of rotatable bonds is 3. The van der Waals surface area contributed by atoms with Crippen molar-refractivity contribution < 1.29 is 14.4 Å². The van der Waals surface area contributed by atoms with E-state index in [1.165, 1.54) is 0 Å². The molecular weight excluding hydrogens is 306 g/mol. The SMILES string of the molecule is CC(C)N1CC(C(=O)N2CCCc3c(C(N)=O)cccc32)CC1=O. The van der Waals surface area contributed by atoms with Gasteiger partial charge in [-0.15, -0.1) is 0 Å². The van der Waals surface area contributed by atoms with Crippen LogP contribution in [0.2, 0.25) is 0 Å². The van der Waals surface area contributed by atoms with E-state index in [0.29, 0.717) is 18.7 Å². The average Bonchev–Trinajstić information content (AvgIpc) is 2.95. The molecule has 1 aromatic rings. The van der Waals surface area contributed by atoms with Gasteiger partial charge in [-0.05, 0) is 44.4 Å². The number of benzene rings is 1. The molecule has 1 aromatic carbocycles. The Labute approximate surface area is 141 Å². The summed E-state index contributed by atoms with van der Waals surface area (Å²) in [6.07, 6.45) is 1.79.